The van der Waals surface area contributed by atoms with Gasteiger partial charge in [-0.2, -0.15) is 0 Å². The summed E-state index contributed by atoms with van der Waals surface area (Å²) < 4.78 is 0. The van der Waals surface area contributed by atoms with Crippen LogP contribution < -0.4 is 10.6 Å². The zero-order valence-electron chi connectivity index (χ0n) is 14.2. The van der Waals surface area contributed by atoms with Crippen molar-refractivity contribution in [3.05, 3.63) is 71.3 Å². The Balaban J connectivity index is 1.88. The predicted molar refractivity (Wildman–Crippen MR) is 95.5 cm³/mol. The van der Waals surface area contributed by atoms with Gasteiger partial charge in [0.2, 0.25) is 0 Å². The van der Waals surface area contributed by atoms with Crippen LogP contribution in [-0.2, 0) is 13.1 Å². The van der Waals surface area contributed by atoms with E-state index in [-0.39, 0.29) is 12.6 Å². The lowest BCUT2D eigenvalue weighted by molar-refractivity contribution is 0.216. The highest BCUT2D eigenvalue weighted by atomic mass is 16.3. The van der Waals surface area contributed by atoms with Gasteiger partial charge >= 0.3 is 6.03 Å². The van der Waals surface area contributed by atoms with Gasteiger partial charge in [-0.25, -0.2) is 4.79 Å². The molecular formula is C19H25N3O2. The van der Waals surface area contributed by atoms with E-state index in [0.717, 1.165) is 17.7 Å². The fraction of sp³-hybridized carbons (Fsp3) is 0.316. The van der Waals surface area contributed by atoms with Crippen LogP contribution in [0.25, 0.3) is 0 Å². The number of benzene rings is 2. The minimum Gasteiger partial charge on any atom is -0.394 e. The van der Waals surface area contributed by atoms with Gasteiger partial charge in [-0.05, 0) is 30.8 Å². The first-order valence-electron chi connectivity index (χ1n) is 8.01. The molecule has 2 rings (SSSR count). The number of rotatable bonds is 7. The summed E-state index contributed by atoms with van der Waals surface area (Å²) in [5.74, 6) is 0. The van der Waals surface area contributed by atoms with E-state index in [2.05, 4.69) is 27.7 Å². The molecule has 0 aromatic heterocycles. The minimum absolute atomic E-state index is 0.143. The monoisotopic (exact) mass is 327 g/mol. The van der Waals surface area contributed by atoms with E-state index in [0.29, 0.717) is 6.54 Å². The number of amides is 2. The average Bonchev–Trinajstić information content (AvgIpc) is 2.58. The van der Waals surface area contributed by atoms with Gasteiger partial charge in [0.15, 0.2) is 0 Å². The lowest BCUT2D eigenvalue weighted by atomic mass is 10.1. The van der Waals surface area contributed by atoms with E-state index in [9.17, 15) is 9.90 Å². The maximum atomic E-state index is 12.1. The Labute approximate surface area is 143 Å². The van der Waals surface area contributed by atoms with Crippen molar-refractivity contribution in [2.24, 2.45) is 0 Å². The summed E-state index contributed by atoms with van der Waals surface area (Å²) in [4.78, 5) is 14.2. The lowest BCUT2D eigenvalue weighted by Gasteiger charge is -2.17. The van der Waals surface area contributed by atoms with Crippen molar-refractivity contribution in [1.82, 2.24) is 15.5 Å². The van der Waals surface area contributed by atoms with E-state index in [4.69, 9.17) is 0 Å². The maximum Gasteiger partial charge on any atom is 0.315 e. The summed E-state index contributed by atoms with van der Waals surface area (Å²) in [7, 11) is 4.05. The SMILES string of the molecule is CN(C)Cc1cccc(CNC(=O)NC(CO)c2ccccc2)c1. The number of hydrogen-bond acceptors (Lipinski definition) is 3. The molecule has 0 aliphatic carbocycles. The number of aliphatic hydroxyl groups is 1. The van der Waals surface area contributed by atoms with E-state index in [1.807, 2.05) is 56.6 Å². The van der Waals surface area contributed by atoms with Gasteiger partial charge in [0, 0.05) is 13.1 Å². The molecule has 5 nitrogen and oxygen atoms in total. The van der Waals surface area contributed by atoms with E-state index >= 15 is 0 Å². The zero-order valence-corrected chi connectivity index (χ0v) is 14.2. The molecule has 0 spiro atoms. The highest BCUT2D eigenvalue weighted by Crippen LogP contribution is 2.11. The van der Waals surface area contributed by atoms with Crippen molar-refractivity contribution in [2.75, 3.05) is 20.7 Å². The summed E-state index contributed by atoms with van der Waals surface area (Å²) >= 11 is 0. The fourth-order valence-corrected chi connectivity index (χ4v) is 2.51. The molecule has 2 aromatic rings. The first kappa shape index (κ1) is 18.0. The predicted octanol–water partition coefficient (Wildman–Crippen LogP) is 2.28. The van der Waals surface area contributed by atoms with E-state index < -0.39 is 6.04 Å². The normalized spacial score (nSPS) is 12.0. The van der Waals surface area contributed by atoms with Gasteiger partial charge < -0.3 is 20.6 Å². The number of urea groups is 1. The van der Waals surface area contributed by atoms with Gasteiger partial charge in [-0.15, -0.1) is 0 Å². The quantitative estimate of drug-likeness (QED) is 0.731. The number of carbonyl (C=O) groups excluding carboxylic acids is 1. The first-order chi connectivity index (χ1) is 11.6. The Bertz CT molecular complexity index is 644. The molecule has 0 aliphatic heterocycles. The van der Waals surface area contributed by atoms with Crippen LogP contribution in [0.15, 0.2) is 54.6 Å². The van der Waals surface area contributed by atoms with Crippen molar-refractivity contribution < 1.29 is 9.90 Å². The highest BCUT2D eigenvalue weighted by Gasteiger charge is 2.12. The third-order valence-electron chi connectivity index (χ3n) is 3.63. The Kier molecular flexibility index (Phi) is 6.78. The second-order valence-electron chi connectivity index (χ2n) is 6.03. The Morgan fingerprint density at radius 3 is 2.46 bits per heavy atom. The van der Waals surface area contributed by atoms with E-state index in [1.54, 1.807) is 0 Å². The summed E-state index contributed by atoms with van der Waals surface area (Å²) in [5, 5.41) is 15.1. The maximum absolute atomic E-state index is 12.1. The number of nitrogens with zero attached hydrogens (tertiary/aromatic N) is 1. The first-order valence-corrected chi connectivity index (χ1v) is 8.01. The van der Waals surface area contributed by atoms with Crippen molar-refractivity contribution in [1.29, 1.82) is 0 Å². The Morgan fingerprint density at radius 2 is 1.79 bits per heavy atom. The molecule has 5 heteroatoms. The van der Waals surface area contributed by atoms with Crippen LogP contribution in [0.3, 0.4) is 0 Å². The molecule has 24 heavy (non-hydrogen) atoms. The number of carbonyl (C=O) groups is 1. The molecule has 0 saturated carbocycles. The lowest BCUT2D eigenvalue weighted by Crippen LogP contribution is -2.38. The molecule has 0 bridgehead atoms. The van der Waals surface area contributed by atoms with Gasteiger partial charge in [0.1, 0.15) is 0 Å². The molecular weight excluding hydrogens is 302 g/mol. The number of aliphatic hydroxyl groups excluding tert-OH is 1. The van der Waals surface area contributed by atoms with Gasteiger partial charge in [0.05, 0.1) is 12.6 Å². The highest BCUT2D eigenvalue weighted by molar-refractivity contribution is 5.74. The molecule has 3 N–H and O–H groups in total. The summed E-state index contributed by atoms with van der Waals surface area (Å²) in [6.45, 7) is 1.16. The van der Waals surface area contributed by atoms with Crippen molar-refractivity contribution in [3.8, 4) is 0 Å². The zero-order chi connectivity index (χ0) is 17.4. The third kappa shape index (κ3) is 5.68. The van der Waals surface area contributed by atoms with E-state index in [1.165, 1.54) is 5.56 Å². The second-order valence-corrected chi connectivity index (χ2v) is 6.03. The molecule has 128 valence electrons. The standard InChI is InChI=1S/C19H25N3O2/c1-22(2)13-16-8-6-7-15(11-16)12-20-19(24)21-18(14-23)17-9-4-3-5-10-17/h3-11,18,23H,12-14H2,1-2H3,(H2,20,21,24). The topological polar surface area (TPSA) is 64.6 Å². The van der Waals surface area contributed by atoms with Gasteiger partial charge in [0.25, 0.3) is 0 Å². The molecule has 0 heterocycles. The summed E-state index contributed by atoms with van der Waals surface area (Å²) in [5.41, 5.74) is 3.13. The van der Waals surface area contributed by atoms with Crippen molar-refractivity contribution >= 4 is 6.03 Å². The summed E-state index contributed by atoms with van der Waals surface area (Å²) in [6.07, 6.45) is 0. The van der Waals surface area contributed by atoms with Crippen LogP contribution in [0, 0.1) is 0 Å². The molecule has 1 atom stereocenters. The molecule has 1 unspecified atom stereocenters. The second kappa shape index (κ2) is 9.05. The van der Waals surface area contributed by atoms with Gasteiger partial charge in [-0.3, -0.25) is 0 Å². The van der Waals surface area contributed by atoms with Crippen LogP contribution in [0.2, 0.25) is 0 Å². The Morgan fingerprint density at radius 1 is 1.08 bits per heavy atom. The number of nitrogens with one attached hydrogen (secondary N) is 2. The van der Waals surface area contributed by atoms with Crippen LogP contribution in [0.5, 0.6) is 0 Å². The Hall–Kier alpha value is -2.37. The average molecular weight is 327 g/mol. The molecule has 0 saturated heterocycles. The van der Waals surface area contributed by atoms with Crippen LogP contribution >= 0.6 is 0 Å². The third-order valence-corrected chi connectivity index (χ3v) is 3.63. The van der Waals surface area contributed by atoms with Crippen LogP contribution in [-0.4, -0.2) is 36.7 Å². The molecule has 0 aliphatic rings. The van der Waals surface area contributed by atoms with Crippen molar-refractivity contribution in [3.63, 3.8) is 0 Å². The molecule has 0 radical (unpaired) electrons. The van der Waals surface area contributed by atoms with Crippen LogP contribution in [0.4, 0.5) is 4.79 Å². The molecule has 2 aromatic carbocycles. The van der Waals surface area contributed by atoms with Gasteiger partial charge in [-0.1, -0.05) is 54.6 Å². The molecule has 0 fully saturated rings. The fourth-order valence-electron chi connectivity index (χ4n) is 2.51. The van der Waals surface area contributed by atoms with Crippen molar-refractivity contribution in [2.45, 2.75) is 19.1 Å². The number of hydrogen-bond donors (Lipinski definition) is 3. The smallest absolute Gasteiger partial charge is 0.315 e. The summed E-state index contributed by atoms with van der Waals surface area (Å²) in [6, 6.07) is 16.9. The minimum atomic E-state index is -0.411. The molecule has 2 amide bonds. The largest absolute Gasteiger partial charge is 0.394 e. The van der Waals surface area contributed by atoms with Crippen LogP contribution in [0.1, 0.15) is 22.7 Å².